The van der Waals surface area contributed by atoms with Crippen molar-refractivity contribution < 1.29 is 17.9 Å². The van der Waals surface area contributed by atoms with Gasteiger partial charge in [-0.05, 0) is 19.1 Å². The minimum Gasteiger partial charge on any atom is -0.497 e. The van der Waals surface area contributed by atoms with Gasteiger partial charge in [-0.3, -0.25) is 4.90 Å². The minimum atomic E-state index is -3.61. The maximum Gasteiger partial charge on any atom is 0.246 e. The van der Waals surface area contributed by atoms with Gasteiger partial charge in [-0.1, -0.05) is 12.2 Å². The van der Waals surface area contributed by atoms with Crippen molar-refractivity contribution >= 4 is 10.0 Å². The standard InChI is InChI=1S/C16H24N2O4S/c1-13(2)12-17-7-9-18(10-8-17)23(19,20)16-11-14(21-3)5-6-15(16)22-4/h5-6,11H,1,7-10,12H2,2-4H3. The van der Waals surface area contributed by atoms with Crippen LogP contribution in [0.3, 0.4) is 0 Å². The second-order valence-corrected chi connectivity index (χ2v) is 7.56. The lowest BCUT2D eigenvalue weighted by molar-refractivity contribution is 0.201. The fourth-order valence-corrected chi connectivity index (χ4v) is 4.23. The fraction of sp³-hybridized carbons (Fsp3) is 0.500. The van der Waals surface area contributed by atoms with Gasteiger partial charge in [-0.25, -0.2) is 8.42 Å². The van der Waals surface area contributed by atoms with Gasteiger partial charge in [0, 0.05) is 38.8 Å². The molecule has 0 spiro atoms. The van der Waals surface area contributed by atoms with Gasteiger partial charge in [0.05, 0.1) is 14.2 Å². The highest BCUT2D eigenvalue weighted by Crippen LogP contribution is 2.31. The van der Waals surface area contributed by atoms with Crippen LogP contribution in [0.2, 0.25) is 0 Å². The van der Waals surface area contributed by atoms with Crippen LogP contribution in [0.25, 0.3) is 0 Å². The van der Waals surface area contributed by atoms with Crippen molar-refractivity contribution in [2.24, 2.45) is 0 Å². The molecule has 0 N–H and O–H groups in total. The molecule has 6 nitrogen and oxygen atoms in total. The Bertz CT molecular complexity index is 665. The molecule has 7 heteroatoms. The van der Waals surface area contributed by atoms with E-state index in [1.165, 1.54) is 24.6 Å². The Morgan fingerprint density at radius 3 is 2.35 bits per heavy atom. The largest absolute Gasteiger partial charge is 0.497 e. The number of ether oxygens (including phenoxy) is 2. The molecule has 0 bridgehead atoms. The average Bonchev–Trinajstić information content (AvgIpc) is 2.54. The maximum atomic E-state index is 12.9. The first-order chi connectivity index (χ1) is 10.9. The maximum absolute atomic E-state index is 12.9. The molecule has 1 aromatic carbocycles. The van der Waals surface area contributed by atoms with Crippen LogP contribution < -0.4 is 9.47 Å². The van der Waals surface area contributed by atoms with Crippen LogP contribution in [0.1, 0.15) is 6.92 Å². The molecule has 1 heterocycles. The quantitative estimate of drug-likeness (QED) is 0.736. The summed E-state index contributed by atoms with van der Waals surface area (Å²) in [7, 11) is -0.638. The number of hydrogen-bond acceptors (Lipinski definition) is 5. The number of nitrogens with zero attached hydrogens (tertiary/aromatic N) is 2. The first-order valence-corrected chi connectivity index (χ1v) is 8.91. The lowest BCUT2D eigenvalue weighted by atomic mass is 10.3. The molecule has 1 aliphatic rings. The van der Waals surface area contributed by atoms with Crippen molar-refractivity contribution in [1.82, 2.24) is 9.21 Å². The molecule has 23 heavy (non-hydrogen) atoms. The summed E-state index contributed by atoms with van der Waals surface area (Å²) in [4.78, 5) is 2.35. The SMILES string of the molecule is C=C(C)CN1CCN(S(=O)(=O)c2cc(OC)ccc2OC)CC1. The lowest BCUT2D eigenvalue weighted by Crippen LogP contribution is -2.48. The van der Waals surface area contributed by atoms with Crippen molar-refractivity contribution in [3.05, 3.63) is 30.4 Å². The summed E-state index contributed by atoms with van der Waals surface area (Å²) in [6.07, 6.45) is 0. The Labute approximate surface area is 138 Å². The Hall–Kier alpha value is -1.57. The molecule has 128 valence electrons. The summed E-state index contributed by atoms with van der Waals surface area (Å²) in [6.45, 7) is 8.98. The molecule has 0 aliphatic carbocycles. The smallest absolute Gasteiger partial charge is 0.246 e. The van der Waals surface area contributed by atoms with Crippen LogP contribution in [0.15, 0.2) is 35.2 Å². The Morgan fingerprint density at radius 1 is 1.17 bits per heavy atom. The van der Waals surface area contributed by atoms with Crippen molar-refractivity contribution in [1.29, 1.82) is 0 Å². The molecule has 0 unspecified atom stereocenters. The van der Waals surface area contributed by atoms with Gasteiger partial charge in [0.25, 0.3) is 0 Å². The summed E-state index contributed by atoms with van der Waals surface area (Å²) in [5.74, 6) is 0.820. The number of rotatable bonds is 6. The third-order valence-corrected chi connectivity index (χ3v) is 5.73. The number of sulfonamides is 1. The van der Waals surface area contributed by atoms with Crippen LogP contribution in [0.5, 0.6) is 11.5 Å². The van der Waals surface area contributed by atoms with E-state index in [1.54, 1.807) is 12.1 Å². The van der Waals surface area contributed by atoms with Crippen molar-refractivity contribution in [3.63, 3.8) is 0 Å². The molecule has 1 aromatic rings. The molecule has 0 amide bonds. The summed E-state index contributed by atoms with van der Waals surface area (Å²) in [6, 6.07) is 4.81. The highest BCUT2D eigenvalue weighted by Gasteiger charge is 2.31. The number of benzene rings is 1. The number of piperazine rings is 1. The van der Waals surface area contributed by atoms with Gasteiger partial charge >= 0.3 is 0 Å². The predicted molar refractivity (Wildman–Crippen MR) is 89.6 cm³/mol. The zero-order valence-corrected chi connectivity index (χ0v) is 14.7. The van der Waals surface area contributed by atoms with Gasteiger partial charge in [0.2, 0.25) is 10.0 Å². The third kappa shape index (κ3) is 4.04. The minimum absolute atomic E-state index is 0.146. The number of hydrogen-bond donors (Lipinski definition) is 0. The van der Waals surface area contributed by atoms with E-state index >= 15 is 0 Å². The van der Waals surface area contributed by atoms with Crippen molar-refractivity contribution in [2.45, 2.75) is 11.8 Å². The predicted octanol–water partition coefficient (Wildman–Crippen LogP) is 1.59. The van der Waals surface area contributed by atoms with Gasteiger partial charge in [-0.15, -0.1) is 0 Å². The normalized spacial score (nSPS) is 17.0. The summed E-state index contributed by atoms with van der Waals surface area (Å²) >= 11 is 0. The molecule has 2 rings (SSSR count). The lowest BCUT2D eigenvalue weighted by Gasteiger charge is -2.34. The first-order valence-electron chi connectivity index (χ1n) is 7.47. The monoisotopic (exact) mass is 340 g/mol. The molecule has 1 fully saturated rings. The van der Waals surface area contributed by atoms with E-state index in [1.807, 2.05) is 6.92 Å². The van der Waals surface area contributed by atoms with E-state index in [2.05, 4.69) is 11.5 Å². The van der Waals surface area contributed by atoms with E-state index in [4.69, 9.17) is 9.47 Å². The van der Waals surface area contributed by atoms with E-state index in [-0.39, 0.29) is 4.90 Å². The molecular formula is C16H24N2O4S. The number of methoxy groups -OCH3 is 2. The van der Waals surface area contributed by atoms with Crippen molar-refractivity contribution in [3.8, 4) is 11.5 Å². The highest BCUT2D eigenvalue weighted by atomic mass is 32.2. The van der Waals surface area contributed by atoms with E-state index in [0.717, 1.165) is 12.1 Å². The van der Waals surface area contributed by atoms with Crippen LogP contribution in [0, 0.1) is 0 Å². The second-order valence-electron chi connectivity index (χ2n) is 5.65. The Morgan fingerprint density at radius 2 is 1.83 bits per heavy atom. The molecule has 0 aromatic heterocycles. The second kappa shape index (κ2) is 7.33. The molecule has 0 saturated carbocycles. The fourth-order valence-electron chi connectivity index (χ4n) is 2.63. The Kier molecular flexibility index (Phi) is 5.67. The first kappa shape index (κ1) is 17.8. The molecule has 0 radical (unpaired) electrons. The molecule has 1 aliphatic heterocycles. The van der Waals surface area contributed by atoms with Gasteiger partial charge in [0.1, 0.15) is 16.4 Å². The molecule has 0 atom stereocenters. The van der Waals surface area contributed by atoms with E-state index in [0.29, 0.717) is 37.7 Å². The van der Waals surface area contributed by atoms with Crippen molar-refractivity contribution in [2.75, 3.05) is 46.9 Å². The van der Waals surface area contributed by atoms with Crippen LogP contribution in [0.4, 0.5) is 0 Å². The average molecular weight is 340 g/mol. The summed E-state index contributed by atoms with van der Waals surface area (Å²) in [5.41, 5.74) is 1.08. The molecule has 1 saturated heterocycles. The summed E-state index contributed by atoms with van der Waals surface area (Å²) in [5, 5.41) is 0. The van der Waals surface area contributed by atoms with Gasteiger partial charge in [-0.2, -0.15) is 4.31 Å². The summed E-state index contributed by atoms with van der Waals surface area (Å²) < 4.78 is 37.7. The van der Waals surface area contributed by atoms with Gasteiger partial charge < -0.3 is 9.47 Å². The highest BCUT2D eigenvalue weighted by molar-refractivity contribution is 7.89. The molecular weight excluding hydrogens is 316 g/mol. The van der Waals surface area contributed by atoms with Crippen LogP contribution in [-0.2, 0) is 10.0 Å². The van der Waals surface area contributed by atoms with Crippen LogP contribution in [-0.4, -0.2) is 64.6 Å². The Balaban J connectivity index is 2.21. The zero-order valence-electron chi connectivity index (χ0n) is 13.9. The van der Waals surface area contributed by atoms with Gasteiger partial charge in [0.15, 0.2) is 0 Å². The zero-order chi connectivity index (χ0) is 17.0. The topological polar surface area (TPSA) is 59.1 Å². The third-order valence-electron chi connectivity index (χ3n) is 3.81. The van der Waals surface area contributed by atoms with E-state index < -0.39 is 10.0 Å². The van der Waals surface area contributed by atoms with Crippen LogP contribution >= 0.6 is 0 Å². The van der Waals surface area contributed by atoms with E-state index in [9.17, 15) is 8.42 Å².